The van der Waals surface area contributed by atoms with Gasteiger partial charge in [0.2, 0.25) is 0 Å². The van der Waals surface area contributed by atoms with Gasteiger partial charge in [0.25, 0.3) is 0 Å². The first-order valence-electron chi connectivity index (χ1n) is 4.63. The maximum absolute atomic E-state index is 6.02. The highest BCUT2D eigenvalue weighted by atomic mass is 16.3. The van der Waals surface area contributed by atoms with Crippen molar-refractivity contribution in [3.05, 3.63) is 59.5 Å². The summed E-state index contributed by atoms with van der Waals surface area (Å²) >= 11 is 0. The van der Waals surface area contributed by atoms with E-state index in [0.717, 1.165) is 11.3 Å². The molecular formula is C12H13NO. The van der Waals surface area contributed by atoms with Gasteiger partial charge in [0, 0.05) is 0 Å². The highest BCUT2D eigenvalue weighted by Gasteiger charge is 2.10. The van der Waals surface area contributed by atoms with E-state index in [-0.39, 0.29) is 6.04 Å². The Labute approximate surface area is 83.4 Å². The molecule has 2 aromatic rings. The first kappa shape index (κ1) is 9.03. The normalized spacial score (nSPS) is 12.7. The number of hydrogen-bond acceptors (Lipinski definition) is 2. The Morgan fingerprint density at radius 3 is 2.43 bits per heavy atom. The van der Waals surface area contributed by atoms with Gasteiger partial charge in [-0.15, -0.1) is 0 Å². The summed E-state index contributed by atoms with van der Waals surface area (Å²) in [7, 11) is 0. The maximum atomic E-state index is 6.02. The van der Waals surface area contributed by atoms with Crippen molar-refractivity contribution in [1.29, 1.82) is 0 Å². The Kier molecular flexibility index (Phi) is 2.37. The van der Waals surface area contributed by atoms with Crippen LogP contribution in [0.4, 0.5) is 0 Å². The summed E-state index contributed by atoms with van der Waals surface area (Å²) in [6.07, 6.45) is 1.64. The van der Waals surface area contributed by atoms with Crippen LogP contribution in [0.15, 0.2) is 47.1 Å². The third kappa shape index (κ3) is 1.70. The largest absolute Gasteiger partial charge is 0.467 e. The molecule has 1 aromatic carbocycles. The third-order valence-electron chi connectivity index (χ3n) is 2.29. The summed E-state index contributed by atoms with van der Waals surface area (Å²) in [6, 6.07) is 11.8. The van der Waals surface area contributed by atoms with Crippen molar-refractivity contribution in [3.63, 3.8) is 0 Å². The van der Waals surface area contributed by atoms with Crippen LogP contribution in [0, 0.1) is 6.92 Å². The molecule has 72 valence electrons. The number of rotatable bonds is 2. The van der Waals surface area contributed by atoms with Crippen LogP contribution in [0.3, 0.4) is 0 Å². The average Bonchev–Trinajstić information content (AvgIpc) is 2.71. The average molecular weight is 187 g/mol. The summed E-state index contributed by atoms with van der Waals surface area (Å²) in [4.78, 5) is 0. The lowest BCUT2D eigenvalue weighted by molar-refractivity contribution is 0.490. The lowest BCUT2D eigenvalue weighted by Crippen LogP contribution is -2.10. The lowest BCUT2D eigenvalue weighted by atomic mass is 10.0. The van der Waals surface area contributed by atoms with Crippen LogP contribution in [0.25, 0.3) is 0 Å². The molecular weight excluding hydrogens is 174 g/mol. The molecule has 0 aliphatic rings. The van der Waals surface area contributed by atoms with Gasteiger partial charge < -0.3 is 10.2 Å². The molecule has 0 saturated heterocycles. The van der Waals surface area contributed by atoms with Crippen LogP contribution < -0.4 is 5.73 Å². The molecule has 1 aromatic heterocycles. The van der Waals surface area contributed by atoms with Gasteiger partial charge in [-0.05, 0) is 24.6 Å². The lowest BCUT2D eigenvalue weighted by Gasteiger charge is -2.08. The van der Waals surface area contributed by atoms with Gasteiger partial charge in [-0.1, -0.05) is 29.8 Å². The minimum absolute atomic E-state index is 0.161. The second kappa shape index (κ2) is 3.68. The van der Waals surface area contributed by atoms with E-state index >= 15 is 0 Å². The Hall–Kier alpha value is -1.54. The Balaban J connectivity index is 2.28. The Morgan fingerprint density at radius 1 is 1.14 bits per heavy atom. The molecule has 2 nitrogen and oxygen atoms in total. The van der Waals surface area contributed by atoms with Crippen LogP contribution in [0.2, 0.25) is 0 Å². The second-order valence-electron chi connectivity index (χ2n) is 3.40. The van der Waals surface area contributed by atoms with E-state index in [0.29, 0.717) is 0 Å². The van der Waals surface area contributed by atoms with Crippen molar-refractivity contribution in [3.8, 4) is 0 Å². The first-order valence-corrected chi connectivity index (χ1v) is 4.63. The van der Waals surface area contributed by atoms with Gasteiger partial charge in [0.05, 0.1) is 12.3 Å². The van der Waals surface area contributed by atoms with Gasteiger partial charge in [-0.3, -0.25) is 0 Å². The van der Waals surface area contributed by atoms with Crippen molar-refractivity contribution in [2.24, 2.45) is 5.73 Å². The highest BCUT2D eigenvalue weighted by Crippen LogP contribution is 2.19. The maximum Gasteiger partial charge on any atom is 0.124 e. The fourth-order valence-corrected chi connectivity index (χ4v) is 1.41. The van der Waals surface area contributed by atoms with E-state index in [9.17, 15) is 0 Å². The standard InChI is InChI=1S/C12H13NO/c1-9-4-6-10(7-5-9)12(13)11-3-2-8-14-11/h2-8,12H,13H2,1H3/t12-/m1/s1. The molecule has 0 spiro atoms. The van der Waals surface area contributed by atoms with Crippen LogP contribution in [-0.2, 0) is 0 Å². The zero-order chi connectivity index (χ0) is 9.97. The zero-order valence-corrected chi connectivity index (χ0v) is 8.10. The van der Waals surface area contributed by atoms with E-state index in [2.05, 4.69) is 19.1 Å². The van der Waals surface area contributed by atoms with Crippen molar-refractivity contribution in [2.45, 2.75) is 13.0 Å². The molecule has 2 N–H and O–H groups in total. The van der Waals surface area contributed by atoms with Crippen LogP contribution in [-0.4, -0.2) is 0 Å². The minimum Gasteiger partial charge on any atom is -0.467 e. The van der Waals surface area contributed by atoms with Crippen molar-refractivity contribution < 1.29 is 4.42 Å². The summed E-state index contributed by atoms with van der Waals surface area (Å²) < 4.78 is 5.25. The SMILES string of the molecule is Cc1ccc([C@@H](N)c2ccco2)cc1. The van der Waals surface area contributed by atoms with Gasteiger partial charge in [0.15, 0.2) is 0 Å². The quantitative estimate of drug-likeness (QED) is 0.785. The fourth-order valence-electron chi connectivity index (χ4n) is 1.41. The molecule has 0 aliphatic carbocycles. The van der Waals surface area contributed by atoms with Crippen molar-refractivity contribution >= 4 is 0 Å². The molecule has 0 radical (unpaired) electrons. The van der Waals surface area contributed by atoms with Crippen molar-refractivity contribution in [1.82, 2.24) is 0 Å². The number of benzene rings is 1. The fraction of sp³-hybridized carbons (Fsp3) is 0.167. The zero-order valence-electron chi connectivity index (χ0n) is 8.10. The number of aryl methyl sites for hydroxylation is 1. The monoisotopic (exact) mass is 187 g/mol. The Morgan fingerprint density at radius 2 is 1.86 bits per heavy atom. The van der Waals surface area contributed by atoms with Gasteiger partial charge in [0.1, 0.15) is 5.76 Å². The summed E-state index contributed by atoms with van der Waals surface area (Å²) in [5, 5.41) is 0. The number of hydrogen-bond donors (Lipinski definition) is 1. The highest BCUT2D eigenvalue weighted by molar-refractivity contribution is 5.28. The molecule has 0 fully saturated rings. The molecule has 1 atom stereocenters. The van der Waals surface area contributed by atoms with E-state index in [4.69, 9.17) is 10.2 Å². The van der Waals surface area contributed by atoms with Crippen LogP contribution in [0.5, 0.6) is 0 Å². The van der Waals surface area contributed by atoms with Gasteiger partial charge in [-0.25, -0.2) is 0 Å². The van der Waals surface area contributed by atoms with Crippen molar-refractivity contribution in [2.75, 3.05) is 0 Å². The van der Waals surface area contributed by atoms with E-state index in [1.165, 1.54) is 5.56 Å². The molecule has 0 unspecified atom stereocenters. The molecule has 2 rings (SSSR count). The summed E-state index contributed by atoms with van der Waals surface area (Å²) in [5.41, 5.74) is 8.33. The van der Waals surface area contributed by atoms with Gasteiger partial charge in [-0.2, -0.15) is 0 Å². The number of furan rings is 1. The first-order chi connectivity index (χ1) is 6.77. The predicted molar refractivity (Wildman–Crippen MR) is 55.9 cm³/mol. The molecule has 14 heavy (non-hydrogen) atoms. The Bertz CT molecular complexity index is 389. The topological polar surface area (TPSA) is 39.2 Å². The summed E-state index contributed by atoms with van der Waals surface area (Å²) in [6.45, 7) is 2.06. The smallest absolute Gasteiger partial charge is 0.124 e. The van der Waals surface area contributed by atoms with E-state index in [1.54, 1.807) is 6.26 Å². The molecule has 0 bridgehead atoms. The second-order valence-corrected chi connectivity index (χ2v) is 3.40. The number of nitrogens with two attached hydrogens (primary N) is 1. The van der Waals surface area contributed by atoms with Gasteiger partial charge >= 0.3 is 0 Å². The third-order valence-corrected chi connectivity index (χ3v) is 2.29. The molecule has 1 heterocycles. The molecule has 0 amide bonds. The van der Waals surface area contributed by atoms with E-state index in [1.807, 2.05) is 24.3 Å². The molecule has 2 heteroatoms. The molecule has 0 saturated carbocycles. The summed E-state index contributed by atoms with van der Waals surface area (Å²) in [5.74, 6) is 0.800. The molecule has 0 aliphatic heterocycles. The van der Waals surface area contributed by atoms with Crippen LogP contribution >= 0.6 is 0 Å². The van der Waals surface area contributed by atoms with E-state index < -0.39 is 0 Å². The predicted octanol–water partition coefficient (Wildman–Crippen LogP) is 2.64. The van der Waals surface area contributed by atoms with Crippen LogP contribution in [0.1, 0.15) is 22.9 Å². The minimum atomic E-state index is -0.161.